The van der Waals surface area contributed by atoms with Gasteiger partial charge in [0, 0.05) is 26.1 Å². The molecule has 1 N–H and O–H groups in total. The van der Waals surface area contributed by atoms with Crippen molar-refractivity contribution < 1.29 is 9.53 Å². The van der Waals surface area contributed by atoms with E-state index in [4.69, 9.17) is 4.74 Å². The number of hydrogen-bond acceptors (Lipinski definition) is 3. The van der Waals surface area contributed by atoms with E-state index in [-0.39, 0.29) is 6.10 Å². The van der Waals surface area contributed by atoms with Gasteiger partial charge >= 0.3 is 0 Å². The lowest BCUT2D eigenvalue weighted by atomic mass is 10.0. The number of carbonyl (C=O) groups is 1. The molecule has 0 saturated carbocycles. The van der Waals surface area contributed by atoms with Gasteiger partial charge in [-0.05, 0) is 44.2 Å². The van der Waals surface area contributed by atoms with Gasteiger partial charge in [0.1, 0.15) is 0 Å². The first-order valence-electron chi connectivity index (χ1n) is 7.75. The molecule has 0 aromatic carbocycles. The van der Waals surface area contributed by atoms with Crippen molar-refractivity contribution in [2.75, 3.05) is 32.8 Å². The van der Waals surface area contributed by atoms with E-state index >= 15 is 0 Å². The van der Waals surface area contributed by atoms with Crippen LogP contribution in [-0.4, -0.2) is 49.7 Å². The van der Waals surface area contributed by atoms with Crippen LogP contribution in [0.1, 0.15) is 39.5 Å². The molecule has 0 bridgehead atoms. The second kappa shape index (κ2) is 7.25. The predicted molar refractivity (Wildman–Crippen MR) is 76.0 cm³/mol. The summed E-state index contributed by atoms with van der Waals surface area (Å²) in [6, 6.07) is 0. The summed E-state index contributed by atoms with van der Waals surface area (Å²) in [4.78, 5) is 14.1. The zero-order valence-electron chi connectivity index (χ0n) is 12.4. The van der Waals surface area contributed by atoms with Crippen LogP contribution in [0.4, 0.5) is 0 Å². The molecule has 2 heterocycles. The van der Waals surface area contributed by atoms with Crippen LogP contribution in [-0.2, 0) is 9.53 Å². The van der Waals surface area contributed by atoms with Crippen LogP contribution >= 0.6 is 0 Å². The number of nitrogens with zero attached hydrogens (tertiary/aromatic N) is 1. The SMILES string of the molecule is CC(C)COC1CCN(C(=O)CCC2CCNC2)C1. The number of nitrogens with one attached hydrogen (secondary N) is 1. The van der Waals surface area contributed by atoms with Crippen LogP contribution in [0.5, 0.6) is 0 Å². The summed E-state index contributed by atoms with van der Waals surface area (Å²) in [6.45, 7) is 9.02. The highest BCUT2D eigenvalue weighted by molar-refractivity contribution is 5.76. The molecule has 2 atom stereocenters. The van der Waals surface area contributed by atoms with Gasteiger partial charge < -0.3 is 15.0 Å². The van der Waals surface area contributed by atoms with Crippen molar-refractivity contribution in [3.8, 4) is 0 Å². The van der Waals surface area contributed by atoms with E-state index in [1.807, 2.05) is 4.90 Å². The van der Waals surface area contributed by atoms with Gasteiger partial charge in [0.05, 0.1) is 6.10 Å². The normalized spacial score (nSPS) is 27.4. The van der Waals surface area contributed by atoms with E-state index in [0.717, 1.165) is 45.6 Å². The maximum atomic E-state index is 12.1. The van der Waals surface area contributed by atoms with Crippen LogP contribution in [0.2, 0.25) is 0 Å². The fraction of sp³-hybridized carbons (Fsp3) is 0.933. The molecule has 2 saturated heterocycles. The fourth-order valence-corrected chi connectivity index (χ4v) is 2.87. The summed E-state index contributed by atoms with van der Waals surface area (Å²) < 4.78 is 5.82. The molecule has 110 valence electrons. The molecule has 4 heteroatoms. The van der Waals surface area contributed by atoms with Crippen molar-refractivity contribution >= 4 is 5.91 Å². The van der Waals surface area contributed by atoms with Crippen molar-refractivity contribution in [3.63, 3.8) is 0 Å². The molecule has 2 rings (SSSR count). The van der Waals surface area contributed by atoms with Crippen molar-refractivity contribution in [3.05, 3.63) is 0 Å². The van der Waals surface area contributed by atoms with Gasteiger partial charge in [0.2, 0.25) is 5.91 Å². The van der Waals surface area contributed by atoms with Crippen LogP contribution in [0.3, 0.4) is 0 Å². The highest BCUT2D eigenvalue weighted by atomic mass is 16.5. The molecule has 0 radical (unpaired) electrons. The van der Waals surface area contributed by atoms with Gasteiger partial charge in [-0.25, -0.2) is 0 Å². The molecule has 1 amide bonds. The Kier molecular flexibility index (Phi) is 5.64. The molecule has 4 nitrogen and oxygen atoms in total. The topological polar surface area (TPSA) is 41.6 Å². The van der Waals surface area contributed by atoms with Gasteiger partial charge in [-0.2, -0.15) is 0 Å². The Morgan fingerprint density at radius 2 is 2.26 bits per heavy atom. The predicted octanol–water partition coefficient (Wildman–Crippen LogP) is 1.65. The number of likely N-dealkylation sites (tertiary alicyclic amines) is 1. The van der Waals surface area contributed by atoms with Crippen molar-refractivity contribution in [2.24, 2.45) is 11.8 Å². The molecular formula is C15H28N2O2. The Hall–Kier alpha value is -0.610. The summed E-state index contributed by atoms with van der Waals surface area (Å²) >= 11 is 0. The molecule has 0 aromatic heterocycles. The number of amides is 1. The Labute approximate surface area is 116 Å². The van der Waals surface area contributed by atoms with E-state index in [1.54, 1.807) is 0 Å². The van der Waals surface area contributed by atoms with E-state index in [0.29, 0.717) is 24.2 Å². The zero-order valence-corrected chi connectivity index (χ0v) is 12.4. The number of carbonyl (C=O) groups excluding carboxylic acids is 1. The van der Waals surface area contributed by atoms with Crippen molar-refractivity contribution in [1.82, 2.24) is 10.2 Å². The largest absolute Gasteiger partial charge is 0.376 e. The van der Waals surface area contributed by atoms with Crippen LogP contribution < -0.4 is 5.32 Å². The Bertz CT molecular complexity index is 288. The fourth-order valence-electron chi connectivity index (χ4n) is 2.87. The first-order valence-corrected chi connectivity index (χ1v) is 7.75. The standard InChI is InChI=1S/C15H28N2O2/c1-12(2)11-19-14-6-8-17(10-14)15(18)4-3-13-5-7-16-9-13/h12-14,16H,3-11H2,1-2H3. The van der Waals surface area contributed by atoms with Crippen molar-refractivity contribution in [1.29, 1.82) is 0 Å². The molecule has 0 aromatic rings. The molecule has 19 heavy (non-hydrogen) atoms. The third kappa shape index (κ3) is 4.77. The van der Waals surface area contributed by atoms with E-state index < -0.39 is 0 Å². The first kappa shape index (κ1) is 14.8. The molecule has 2 unspecified atom stereocenters. The molecule has 0 spiro atoms. The Morgan fingerprint density at radius 3 is 2.95 bits per heavy atom. The monoisotopic (exact) mass is 268 g/mol. The molecule has 2 fully saturated rings. The average Bonchev–Trinajstić information content (AvgIpc) is 3.04. The second-order valence-corrected chi connectivity index (χ2v) is 6.38. The first-order chi connectivity index (χ1) is 9.15. The van der Waals surface area contributed by atoms with Crippen LogP contribution in [0.25, 0.3) is 0 Å². The minimum absolute atomic E-state index is 0.263. The van der Waals surface area contributed by atoms with Gasteiger partial charge in [-0.1, -0.05) is 13.8 Å². The minimum atomic E-state index is 0.263. The number of hydrogen-bond donors (Lipinski definition) is 1. The Morgan fingerprint density at radius 1 is 1.42 bits per heavy atom. The lowest BCUT2D eigenvalue weighted by Crippen LogP contribution is -2.30. The van der Waals surface area contributed by atoms with Gasteiger partial charge in [0.15, 0.2) is 0 Å². The summed E-state index contributed by atoms with van der Waals surface area (Å²) in [5.41, 5.74) is 0. The molecule has 0 aliphatic carbocycles. The third-order valence-electron chi connectivity index (χ3n) is 4.09. The van der Waals surface area contributed by atoms with Crippen molar-refractivity contribution in [2.45, 2.75) is 45.6 Å². The van der Waals surface area contributed by atoms with Crippen LogP contribution in [0, 0.1) is 11.8 Å². The Balaban J connectivity index is 1.63. The molecule has 2 aliphatic rings. The highest BCUT2D eigenvalue weighted by Crippen LogP contribution is 2.18. The van der Waals surface area contributed by atoms with Gasteiger partial charge in [0.25, 0.3) is 0 Å². The van der Waals surface area contributed by atoms with E-state index in [9.17, 15) is 4.79 Å². The summed E-state index contributed by atoms with van der Waals surface area (Å²) in [5, 5.41) is 3.36. The molecular weight excluding hydrogens is 240 g/mol. The zero-order chi connectivity index (χ0) is 13.7. The highest BCUT2D eigenvalue weighted by Gasteiger charge is 2.27. The molecule has 2 aliphatic heterocycles. The minimum Gasteiger partial charge on any atom is -0.376 e. The van der Waals surface area contributed by atoms with E-state index in [1.165, 1.54) is 6.42 Å². The van der Waals surface area contributed by atoms with E-state index in [2.05, 4.69) is 19.2 Å². The summed E-state index contributed by atoms with van der Waals surface area (Å²) in [7, 11) is 0. The second-order valence-electron chi connectivity index (χ2n) is 6.38. The van der Waals surface area contributed by atoms with Crippen LogP contribution in [0.15, 0.2) is 0 Å². The quantitative estimate of drug-likeness (QED) is 0.796. The van der Waals surface area contributed by atoms with Gasteiger partial charge in [-0.3, -0.25) is 4.79 Å². The maximum Gasteiger partial charge on any atom is 0.222 e. The average molecular weight is 268 g/mol. The maximum absolute atomic E-state index is 12.1. The summed E-state index contributed by atoms with van der Waals surface area (Å²) in [5.74, 6) is 1.60. The lowest BCUT2D eigenvalue weighted by Gasteiger charge is -2.18. The number of ether oxygens (including phenoxy) is 1. The smallest absolute Gasteiger partial charge is 0.222 e. The number of rotatable bonds is 6. The lowest BCUT2D eigenvalue weighted by molar-refractivity contribution is -0.131. The summed E-state index contributed by atoms with van der Waals surface area (Å²) in [6.07, 6.45) is 4.25. The third-order valence-corrected chi connectivity index (χ3v) is 4.09. The van der Waals surface area contributed by atoms with Gasteiger partial charge in [-0.15, -0.1) is 0 Å².